The lowest BCUT2D eigenvalue weighted by Gasteiger charge is -2.12. The quantitative estimate of drug-likeness (QED) is 0.800. The molecule has 0 radical (unpaired) electrons. The molecule has 0 aliphatic rings. The highest BCUT2D eigenvalue weighted by molar-refractivity contribution is 6.30. The van der Waals surface area contributed by atoms with Crippen LogP contribution in [-0.2, 0) is 6.54 Å². The third-order valence-electron chi connectivity index (χ3n) is 3.01. The zero-order valence-corrected chi connectivity index (χ0v) is 13.1. The minimum atomic E-state index is 0.691. The van der Waals surface area contributed by atoms with Gasteiger partial charge in [0.25, 0.3) is 0 Å². The predicted molar refractivity (Wildman–Crippen MR) is 87.6 cm³/mol. The molecule has 0 atom stereocenters. The molecule has 0 aliphatic heterocycles. The van der Waals surface area contributed by atoms with E-state index in [2.05, 4.69) is 12.2 Å². The van der Waals surface area contributed by atoms with Gasteiger partial charge in [0, 0.05) is 17.3 Å². The van der Waals surface area contributed by atoms with Crippen LogP contribution >= 0.6 is 11.6 Å². The van der Waals surface area contributed by atoms with Gasteiger partial charge in [-0.3, -0.25) is 0 Å². The summed E-state index contributed by atoms with van der Waals surface area (Å²) >= 11 is 5.97. The molecule has 0 aliphatic carbocycles. The van der Waals surface area contributed by atoms with Gasteiger partial charge in [0.2, 0.25) is 0 Å². The van der Waals surface area contributed by atoms with Crippen LogP contribution < -0.4 is 14.8 Å². The van der Waals surface area contributed by atoms with Crippen LogP contribution in [0.2, 0.25) is 5.02 Å². The van der Waals surface area contributed by atoms with E-state index < -0.39 is 0 Å². The minimum absolute atomic E-state index is 0.691. The van der Waals surface area contributed by atoms with Gasteiger partial charge in [-0.25, -0.2) is 0 Å². The molecule has 0 saturated heterocycles. The highest BCUT2D eigenvalue weighted by Gasteiger charge is 2.05. The van der Waals surface area contributed by atoms with Gasteiger partial charge in [0.15, 0.2) is 11.5 Å². The first-order chi connectivity index (χ1) is 10.2. The van der Waals surface area contributed by atoms with Crippen LogP contribution in [0.5, 0.6) is 11.5 Å². The fraction of sp³-hybridized carbons (Fsp3) is 0.294. The van der Waals surface area contributed by atoms with Crippen LogP contribution in [0, 0.1) is 0 Å². The molecule has 4 heteroatoms. The number of ether oxygens (including phenoxy) is 2. The number of rotatable bonds is 7. The smallest absolute Gasteiger partial charge is 0.161 e. The van der Waals surface area contributed by atoms with E-state index in [0.717, 1.165) is 34.2 Å². The molecule has 2 rings (SSSR count). The van der Waals surface area contributed by atoms with E-state index in [9.17, 15) is 0 Å². The van der Waals surface area contributed by atoms with Crippen molar-refractivity contribution in [2.45, 2.75) is 19.9 Å². The number of halogens is 1. The predicted octanol–water partition coefficient (Wildman–Crippen LogP) is 4.75. The Bertz CT molecular complexity index is 587. The molecule has 2 aromatic rings. The van der Waals surface area contributed by atoms with Gasteiger partial charge in [-0.05, 0) is 42.3 Å². The molecule has 1 N–H and O–H groups in total. The van der Waals surface area contributed by atoms with Crippen molar-refractivity contribution in [2.75, 3.05) is 19.0 Å². The summed E-state index contributed by atoms with van der Waals surface area (Å²) in [6, 6.07) is 13.6. The summed E-state index contributed by atoms with van der Waals surface area (Å²) in [6.07, 6.45) is 0.973. The summed E-state index contributed by atoms with van der Waals surface area (Å²) in [7, 11) is 1.66. The number of hydrogen-bond acceptors (Lipinski definition) is 3. The van der Waals surface area contributed by atoms with E-state index in [1.54, 1.807) is 7.11 Å². The second-order valence-electron chi connectivity index (χ2n) is 4.70. The Kier molecular flexibility index (Phi) is 5.76. The molecule has 0 bridgehead atoms. The van der Waals surface area contributed by atoms with Crippen molar-refractivity contribution >= 4 is 17.3 Å². The topological polar surface area (TPSA) is 30.5 Å². The molecule has 0 unspecified atom stereocenters. The standard InChI is InChI=1S/C17H20ClNO2/c1-3-9-21-16-8-7-13(10-17(16)20-2)12-19-15-6-4-5-14(18)11-15/h4-8,10-11,19H,3,9,12H2,1-2H3. The fourth-order valence-electron chi connectivity index (χ4n) is 1.96. The van der Waals surface area contributed by atoms with Crippen molar-refractivity contribution in [2.24, 2.45) is 0 Å². The van der Waals surface area contributed by atoms with Crippen molar-refractivity contribution in [1.29, 1.82) is 0 Å². The van der Waals surface area contributed by atoms with Gasteiger partial charge in [0.05, 0.1) is 13.7 Å². The maximum absolute atomic E-state index is 5.97. The lowest BCUT2D eigenvalue weighted by Crippen LogP contribution is -2.02. The number of methoxy groups -OCH3 is 1. The molecule has 0 aromatic heterocycles. The Balaban J connectivity index is 2.03. The van der Waals surface area contributed by atoms with Crippen molar-refractivity contribution in [3.63, 3.8) is 0 Å². The summed E-state index contributed by atoms with van der Waals surface area (Å²) in [4.78, 5) is 0. The van der Waals surface area contributed by atoms with E-state index >= 15 is 0 Å². The third-order valence-corrected chi connectivity index (χ3v) is 3.25. The van der Waals surface area contributed by atoms with E-state index in [1.165, 1.54) is 0 Å². The van der Waals surface area contributed by atoms with Crippen molar-refractivity contribution < 1.29 is 9.47 Å². The molecule has 0 saturated carbocycles. The molecular weight excluding hydrogens is 286 g/mol. The van der Waals surface area contributed by atoms with Gasteiger partial charge in [-0.15, -0.1) is 0 Å². The molecule has 0 fully saturated rings. The molecule has 3 nitrogen and oxygen atoms in total. The number of nitrogens with one attached hydrogen (secondary N) is 1. The van der Waals surface area contributed by atoms with E-state index in [4.69, 9.17) is 21.1 Å². The van der Waals surface area contributed by atoms with E-state index in [-0.39, 0.29) is 0 Å². The monoisotopic (exact) mass is 305 g/mol. The second-order valence-corrected chi connectivity index (χ2v) is 5.13. The minimum Gasteiger partial charge on any atom is -0.493 e. The largest absolute Gasteiger partial charge is 0.493 e. The van der Waals surface area contributed by atoms with Crippen molar-refractivity contribution in [1.82, 2.24) is 0 Å². The van der Waals surface area contributed by atoms with Gasteiger partial charge in [0.1, 0.15) is 0 Å². The zero-order chi connectivity index (χ0) is 15.1. The second kappa shape index (κ2) is 7.79. The molecule has 0 heterocycles. The normalized spacial score (nSPS) is 10.2. The highest BCUT2D eigenvalue weighted by Crippen LogP contribution is 2.28. The first-order valence-electron chi connectivity index (χ1n) is 7.02. The Morgan fingerprint density at radius 3 is 2.67 bits per heavy atom. The summed E-state index contributed by atoms with van der Waals surface area (Å²) in [5, 5.41) is 4.06. The number of anilines is 1. The summed E-state index contributed by atoms with van der Waals surface area (Å²) in [5.74, 6) is 1.54. The van der Waals surface area contributed by atoms with Crippen molar-refractivity contribution in [3.05, 3.63) is 53.1 Å². The van der Waals surface area contributed by atoms with E-state index in [0.29, 0.717) is 13.2 Å². The lowest BCUT2D eigenvalue weighted by molar-refractivity contribution is 0.294. The molecule has 0 amide bonds. The molecule has 2 aromatic carbocycles. The molecule has 112 valence electrons. The zero-order valence-electron chi connectivity index (χ0n) is 12.4. The maximum atomic E-state index is 5.97. The Hall–Kier alpha value is -1.87. The lowest BCUT2D eigenvalue weighted by atomic mass is 10.2. The fourth-order valence-corrected chi connectivity index (χ4v) is 2.15. The Morgan fingerprint density at radius 2 is 1.95 bits per heavy atom. The number of hydrogen-bond donors (Lipinski definition) is 1. The van der Waals surface area contributed by atoms with E-state index in [1.807, 2.05) is 42.5 Å². The first-order valence-corrected chi connectivity index (χ1v) is 7.40. The van der Waals surface area contributed by atoms with Gasteiger partial charge in [-0.1, -0.05) is 30.7 Å². The van der Waals surface area contributed by atoms with Crippen LogP contribution in [0.15, 0.2) is 42.5 Å². The van der Waals surface area contributed by atoms with Crippen LogP contribution in [0.25, 0.3) is 0 Å². The molecule has 0 spiro atoms. The average molecular weight is 306 g/mol. The Morgan fingerprint density at radius 1 is 1.10 bits per heavy atom. The van der Waals surface area contributed by atoms with Crippen LogP contribution in [0.4, 0.5) is 5.69 Å². The maximum Gasteiger partial charge on any atom is 0.161 e. The average Bonchev–Trinajstić information content (AvgIpc) is 2.51. The van der Waals surface area contributed by atoms with Gasteiger partial charge < -0.3 is 14.8 Å². The molecule has 21 heavy (non-hydrogen) atoms. The summed E-state index contributed by atoms with van der Waals surface area (Å²) in [5.41, 5.74) is 2.11. The SMILES string of the molecule is CCCOc1ccc(CNc2cccc(Cl)c2)cc1OC. The third kappa shape index (κ3) is 4.57. The van der Waals surface area contributed by atoms with Crippen LogP contribution in [0.3, 0.4) is 0 Å². The van der Waals surface area contributed by atoms with Gasteiger partial charge >= 0.3 is 0 Å². The van der Waals surface area contributed by atoms with Crippen LogP contribution in [-0.4, -0.2) is 13.7 Å². The first kappa shape index (κ1) is 15.5. The summed E-state index contributed by atoms with van der Waals surface area (Å²) in [6.45, 7) is 3.47. The van der Waals surface area contributed by atoms with Crippen LogP contribution in [0.1, 0.15) is 18.9 Å². The Labute approximate surface area is 130 Å². The number of benzene rings is 2. The van der Waals surface area contributed by atoms with Gasteiger partial charge in [-0.2, -0.15) is 0 Å². The summed E-state index contributed by atoms with van der Waals surface area (Å²) < 4.78 is 11.0. The molecular formula is C17H20ClNO2. The highest BCUT2D eigenvalue weighted by atomic mass is 35.5. The van der Waals surface area contributed by atoms with Crippen molar-refractivity contribution in [3.8, 4) is 11.5 Å².